The van der Waals surface area contributed by atoms with Crippen molar-refractivity contribution in [1.29, 1.82) is 0 Å². The number of H-pyrrole nitrogens is 2. The molecule has 2 aliphatic heterocycles. The first kappa shape index (κ1) is 32.3. The number of imidazole rings is 1. The van der Waals surface area contributed by atoms with Crippen molar-refractivity contribution < 1.29 is 0 Å². The van der Waals surface area contributed by atoms with Crippen LogP contribution in [0.15, 0.2) is 58.7 Å². The fourth-order valence-electron chi connectivity index (χ4n) is 2.62. The summed E-state index contributed by atoms with van der Waals surface area (Å²) in [6.07, 6.45) is 19.4. The van der Waals surface area contributed by atoms with Crippen molar-refractivity contribution in [2.24, 2.45) is 17.0 Å². The van der Waals surface area contributed by atoms with Crippen molar-refractivity contribution in [2.75, 3.05) is 13.1 Å². The lowest BCUT2D eigenvalue weighted by molar-refractivity contribution is 0.714. The van der Waals surface area contributed by atoms with Gasteiger partial charge in [-0.2, -0.15) is 5.10 Å². The third-order valence-corrected chi connectivity index (χ3v) is 4.60. The third kappa shape index (κ3) is 15.3. The highest BCUT2D eigenvalue weighted by Gasteiger charge is 1.92. The first-order valence-electron chi connectivity index (χ1n) is 12.1. The van der Waals surface area contributed by atoms with E-state index in [1.165, 1.54) is 17.6 Å². The average Bonchev–Trinajstić information content (AvgIpc) is 3.73. The van der Waals surface area contributed by atoms with Crippen LogP contribution in [0.4, 0.5) is 0 Å². The Labute approximate surface area is 216 Å². The molecule has 0 aliphatic carbocycles. The summed E-state index contributed by atoms with van der Waals surface area (Å²) in [5.74, 6) is 2.00. The number of rotatable bonds is 4. The highest BCUT2D eigenvalue weighted by Crippen LogP contribution is 2.01. The van der Waals surface area contributed by atoms with Crippen molar-refractivity contribution >= 4 is 11.9 Å². The molecule has 0 spiro atoms. The SMILES string of the molecule is C.CCC1=CCN=C1.CCC1=NCC=C1.CCc1ncc[nH]1.CCc1ncn[nH]1.Cc1cn(C)nn1. The molecule has 0 radical (unpaired) electrons. The molecule has 0 unspecified atom stereocenters. The van der Waals surface area contributed by atoms with E-state index in [4.69, 9.17) is 0 Å². The minimum Gasteiger partial charge on any atom is -0.349 e. The summed E-state index contributed by atoms with van der Waals surface area (Å²) in [4.78, 5) is 19.0. The van der Waals surface area contributed by atoms with Gasteiger partial charge in [0.05, 0.1) is 18.8 Å². The Kier molecular flexibility index (Phi) is 18.5. The Bertz CT molecular complexity index is 929. The fourth-order valence-corrected chi connectivity index (χ4v) is 2.62. The van der Waals surface area contributed by atoms with E-state index in [1.807, 2.05) is 39.5 Å². The molecule has 0 saturated heterocycles. The van der Waals surface area contributed by atoms with Gasteiger partial charge in [0.2, 0.25) is 0 Å². The van der Waals surface area contributed by atoms with Crippen LogP contribution in [0.25, 0.3) is 0 Å². The van der Waals surface area contributed by atoms with Gasteiger partial charge in [-0.25, -0.2) is 9.97 Å². The molecule has 3 aromatic heterocycles. The highest BCUT2D eigenvalue weighted by molar-refractivity contribution is 5.96. The second-order valence-electron chi connectivity index (χ2n) is 7.42. The van der Waals surface area contributed by atoms with Crippen molar-refractivity contribution in [3.8, 4) is 0 Å². The number of aryl methyl sites for hydroxylation is 4. The predicted octanol–water partition coefficient (Wildman–Crippen LogP) is 4.91. The van der Waals surface area contributed by atoms with Crippen LogP contribution in [-0.4, -0.2) is 65.2 Å². The fraction of sp³-hybridized carbons (Fsp3) is 0.500. The molecule has 0 fully saturated rings. The van der Waals surface area contributed by atoms with Gasteiger partial charge in [-0.15, -0.1) is 5.10 Å². The average molecular weight is 497 g/mol. The summed E-state index contributed by atoms with van der Waals surface area (Å²) in [6.45, 7) is 12.1. The molecule has 198 valence electrons. The molecular formula is C26H44N10. The van der Waals surface area contributed by atoms with Gasteiger partial charge < -0.3 is 4.98 Å². The standard InChI is InChI=1S/2C6H9N.C5H8N2.2C4H7N3.CH4/c1-2-6-3-4-7-5-6;1-2-6-4-3-5-7-6;1-2-5-6-3-4-7-5;1-4-3-7(2)6-5-4;1-2-4-5-3-6-7-4;/h3,5H,2,4H2,1H3;3-4H,2,5H2,1H3;3-4H,2H2,1H3,(H,6,7);3H,1-2H3;3H,2H2,1H3,(H,5,6,7);1H4. The monoisotopic (exact) mass is 496 g/mol. The molecule has 2 aliphatic rings. The molecule has 5 heterocycles. The third-order valence-electron chi connectivity index (χ3n) is 4.60. The number of hydrogen-bond donors (Lipinski definition) is 2. The van der Waals surface area contributed by atoms with Gasteiger partial charge in [0.25, 0.3) is 0 Å². The lowest BCUT2D eigenvalue weighted by atomic mass is 10.2. The van der Waals surface area contributed by atoms with Crippen LogP contribution >= 0.6 is 0 Å². The first-order chi connectivity index (χ1) is 17.0. The Morgan fingerprint density at radius 1 is 0.972 bits per heavy atom. The largest absolute Gasteiger partial charge is 0.349 e. The Hall–Kier alpha value is -3.69. The summed E-state index contributed by atoms with van der Waals surface area (Å²) in [5.41, 5.74) is 3.57. The maximum absolute atomic E-state index is 4.16. The number of nitrogens with one attached hydrogen (secondary N) is 2. The molecule has 0 aromatic carbocycles. The number of allylic oxidation sites excluding steroid dienone is 2. The van der Waals surface area contributed by atoms with E-state index in [0.717, 1.165) is 56.1 Å². The van der Waals surface area contributed by atoms with Crippen molar-refractivity contribution in [2.45, 2.75) is 67.7 Å². The topological polar surface area (TPSA) is 126 Å². The smallest absolute Gasteiger partial charge is 0.137 e. The van der Waals surface area contributed by atoms with Crippen LogP contribution in [0.5, 0.6) is 0 Å². The molecule has 0 saturated carbocycles. The minimum atomic E-state index is 0. The van der Waals surface area contributed by atoms with Crippen molar-refractivity contribution in [1.82, 2.24) is 40.1 Å². The number of aromatic nitrogens is 8. The zero-order chi connectivity index (χ0) is 25.7. The van der Waals surface area contributed by atoms with Crippen LogP contribution in [0.1, 0.15) is 65.3 Å². The van der Waals surface area contributed by atoms with Crippen LogP contribution < -0.4 is 0 Å². The summed E-state index contributed by atoms with van der Waals surface area (Å²) >= 11 is 0. The lowest BCUT2D eigenvalue weighted by Gasteiger charge is -1.82. The van der Waals surface area contributed by atoms with E-state index < -0.39 is 0 Å². The molecule has 5 rings (SSSR count). The van der Waals surface area contributed by atoms with Crippen LogP contribution in [-0.2, 0) is 19.9 Å². The lowest BCUT2D eigenvalue weighted by Crippen LogP contribution is -1.85. The summed E-state index contributed by atoms with van der Waals surface area (Å²) in [7, 11) is 1.85. The Morgan fingerprint density at radius 2 is 1.75 bits per heavy atom. The molecular weight excluding hydrogens is 452 g/mol. The van der Waals surface area contributed by atoms with E-state index in [9.17, 15) is 0 Å². The maximum atomic E-state index is 4.16. The van der Waals surface area contributed by atoms with E-state index in [0.29, 0.717) is 0 Å². The normalized spacial score (nSPS) is 12.3. The van der Waals surface area contributed by atoms with Crippen molar-refractivity contribution in [3.05, 3.63) is 66.1 Å². The summed E-state index contributed by atoms with van der Waals surface area (Å²) < 4.78 is 1.68. The van der Waals surface area contributed by atoms with Crippen LogP contribution in [0.2, 0.25) is 0 Å². The number of aromatic amines is 2. The summed E-state index contributed by atoms with van der Waals surface area (Å²) in [6, 6.07) is 0. The molecule has 10 heteroatoms. The van der Waals surface area contributed by atoms with Crippen LogP contribution in [0.3, 0.4) is 0 Å². The van der Waals surface area contributed by atoms with Gasteiger partial charge in [-0.1, -0.05) is 52.5 Å². The van der Waals surface area contributed by atoms with Gasteiger partial charge in [0, 0.05) is 50.4 Å². The number of aliphatic imine (C=N–C) groups is 2. The molecule has 2 N–H and O–H groups in total. The van der Waals surface area contributed by atoms with E-state index >= 15 is 0 Å². The second-order valence-corrected chi connectivity index (χ2v) is 7.42. The summed E-state index contributed by atoms with van der Waals surface area (Å²) in [5, 5.41) is 13.8. The van der Waals surface area contributed by atoms with E-state index in [2.05, 4.69) is 84.4 Å². The van der Waals surface area contributed by atoms with E-state index in [-0.39, 0.29) is 7.43 Å². The zero-order valence-corrected chi connectivity index (χ0v) is 21.9. The van der Waals surface area contributed by atoms with E-state index in [1.54, 1.807) is 10.9 Å². The number of hydrogen-bond acceptors (Lipinski definition) is 7. The maximum Gasteiger partial charge on any atom is 0.137 e. The number of nitrogens with zero attached hydrogens (tertiary/aromatic N) is 8. The van der Waals surface area contributed by atoms with Gasteiger partial charge in [0.1, 0.15) is 18.0 Å². The molecule has 0 bridgehead atoms. The van der Waals surface area contributed by atoms with Crippen LogP contribution in [0, 0.1) is 6.92 Å². The Balaban J connectivity index is 0.000000422. The second kappa shape index (κ2) is 20.7. The molecule has 0 atom stereocenters. The van der Waals surface area contributed by atoms with Gasteiger partial charge in [-0.05, 0) is 31.4 Å². The molecule has 10 nitrogen and oxygen atoms in total. The zero-order valence-electron chi connectivity index (χ0n) is 21.9. The quantitative estimate of drug-likeness (QED) is 0.530. The Morgan fingerprint density at radius 3 is 2.00 bits per heavy atom. The van der Waals surface area contributed by atoms with Crippen molar-refractivity contribution in [3.63, 3.8) is 0 Å². The molecule has 0 amide bonds. The first-order valence-corrected chi connectivity index (χ1v) is 12.1. The van der Waals surface area contributed by atoms with Gasteiger partial charge in [0.15, 0.2) is 0 Å². The molecule has 3 aromatic rings. The highest BCUT2D eigenvalue weighted by atomic mass is 15.4. The predicted molar refractivity (Wildman–Crippen MR) is 150 cm³/mol. The molecule has 36 heavy (non-hydrogen) atoms. The van der Waals surface area contributed by atoms with Gasteiger partial charge in [-0.3, -0.25) is 19.8 Å². The van der Waals surface area contributed by atoms with Gasteiger partial charge >= 0.3 is 0 Å². The minimum absolute atomic E-state index is 0.